The summed E-state index contributed by atoms with van der Waals surface area (Å²) in [4.78, 5) is 28.2. The number of aryl methyl sites for hydroxylation is 1. The Balaban J connectivity index is 2.34. The van der Waals surface area contributed by atoms with Gasteiger partial charge in [0.15, 0.2) is 0 Å². The number of nitrogens with zero attached hydrogens (tertiary/aromatic N) is 3. The van der Waals surface area contributed by atoms with Crippen molar-refractivity contribution in [2.75, 3.05) is 0 Å². The minimum atomic E-state index is -0.435. The van der Waals surface area contributed by atoms with Gasteiger partial charge in [-0.05, 0) is 30.0 Å². The van der Waals surface area contributed by atoms with Gasteiger partial charge < -0.3 is 0 Å². The van der Waals surface area contributed by atoms with E-state index in [1.807, 2.05) is 24.4 Å². The van der Waals surface area contributed by atoms with Crippen molar-refractivity contribution in [2.24, 2.45) is 0 Å². The molecular weight excluding hydrogens is 270 g/mol. The molecule has 3 heterocycles. The lowest BCUT2D eigenvalue weighted by atomic mass is 10.3. The largest absolute Gasteiger partial charge is 0.292 e. The fraction of sp³-hybridized carbons (Fsp3) is 0.0909. The van der Waals surface area contributed by atoms with Crippen LogP contribution in [0.25, 0.3) is 11.0 Å². The normalized spacial score (nSPS) is 12.4. The molecule has 0 bridgehead atoms. The van der Waals surface area contributed by atoms with E-state index in [0.29, 0.717) is 9.49 Å². The number of aromatic nitrogens is 3. The van der Waals surface area contributed by atoms with Crippen LogP contribution >= 0.6 is 22.7 Å². The minimum absolute atomic E-state index is 0.240. The van der Waals surface area contributed by atoms with Crippen molar-refractivity contribution >= 4 is 33.7 Å². The Hall–Kier alpha value is -1.86. The molecule has 0 N–H and O–H groups in total. The maximum absolute atomic E-state index is 12.0. The number of thiazole rings is 1. The van der Waals surface area contributed by atoms with E-state index in [1.165, 1.54) is 11.3 Å². The molecule has 0 saturated heterocycles. The number of hydrogen-bond donors (Lipinski definition) is 0. The lowest BCUT2D eigenvalue weighted by Crippen LogP contribution is -2.25. The molecule has 0 saturated carbocycles. The Morgan fingerprint density at radius 3 is 2.94 bits per heavy atom. The zero-order valence-corrected chi connectivity index (χ0v) is 10.9. The van der Waals surface area contributed by atoms with Gasteiger partial charge in [-0.2, -0.15) is 14.6 Å². The topological polar surface area (TPSA) is 64.3 Å². The van der Waals surface area contributed by atoms with Gasteiger partial charge in [-0.25, -0.2) is 0 Å². The van der Waals surface area contributed by atoms with Crippen molar-refractivity contribution in [1.82, 2.24) is 14.6 Å². The van der Waals surface area contributed by atoms with E-state index in [9.17, 15) is 9.59 Å². The highest BCUT2D eigenvalue weighted by Gasteiger charge is 2.06. The summed E-state index contributed by atoms with van der Waals surface area (Å²) in [7, 11) is 0. The second-order valence-corrected chi connectivity index (χ2v) is 5.63. The van der Waals surface area contributed by atoms with Gasteiger partial charge in [0.2, 0.25) is 4.96 Å². The lowest BCUT2D eigenvalue weighted by Gasteiger charge is -1.85. The second-order valence-electron chi connectivity index (χ2n) is 3.67. The first-order chi connectivity index (χ1) is 8.65. The highest BCUT2D eigenvalue weighted by atomic mass is 32.1. The number of fused-ring (bicyclic) bond motifs is 1. The molecule has 3 rings (SSSR count). The summed E-state index contributed by atoms with van der Waals surface area (Å²) in [6.45, 7) is 1.99. The van der Waals surface area contributed by atoms with Gasteiger partial charge in [-0.15, -0.1) is 11.3 Å². The van der Waals surface area contributed by atoms with Crippen molar-refractivity contribution in [3.8, 4) is 0 Å². The van der Waals surface area contributed by atoms with Crippen LogP contribution in [0.15, 0.2) is 27.2 Å². The Morgan fingerprint density at radius 2 is 2.22 bits per heavy atom. The van der Waals surface area contributed by atoms with Gasteiger partial charge in [-0.3, -0.25) is 9.59 Å². The van der Waals surface area contributed by atoms with E-state index < -0.39 is 5.56 Å². The summed E-state index contributed by atoms with van der Waals surface area (Å²) >= 11 is 2.74. The number of rotatable bonds is 1. The Bertz CT molecular complexity index is 891. The van der Waals surface area contributed by atoms with Crippen LogP contribution in [0.2, 0.25) is 0 Å². The molecule has 0 atom stereocenters. The third-order valence-corrected chi connectivity index (χ3v) is 4.36. The molecule has 0 radical (unpaired) electrons. The van der Waals surface area contributed by atoms with E-state index in [1.54, 1.807) is 11.3 Å². The molecule has 0 aliphatic rings. The van der Waals surface area contributed by atoms with Crippen molar-refractivity contribution < 1.29 is 0 Å². The van der Waals surface area contributed by atoms with Crippen LogP contribution in [0.3, 0.4) is 0 Å². The maximum atomic E-state index is 12.0. The minimum Gasteiger partial charge on any atom is -0.266 e. The second kappa shape index (κ2) is 4.11. The summed E-state index contributed by atoms with van der Waals surface area (Å²) in [6, 6.07) is 1.99. The van der Waals surface area contributed by atoms with Crippen molar-refractivity contribution in [3.63, 3.8) is 0 Å². The van der Waals surface area contributed by atoms with Gasteiger partial charge in [0.1, 0.15) is 6.20 Å². The quantitative estimate of drug-likeness (QED) is 0.647. The number of thiophene rings is 1. The van der Waals surface area contributed by atoms with Crippen LogP contribution in [0.1, 0.15) is 10.4 Å². The first-order valence-electron chi connectivity index (χ1n) is 5.10. The van der Waals surface area contributed by atoms with Crippen molar-refractivity contribution in [3.05, 3.63) is 53.3 Å². The molecule has 0 aliphatic heterocycles. The molecule has 0 spiro atoms. The molecular formula is C11H7N3O2S2. The zero-order chi connectivity index (χ0) is 12.7. The van der Waals surface area contributed by atoms with E-state index >= 15 is 0 Å². The van der Waals surface area contributed by atoms with Crippen molar-refractivity contribution in [2.45, 2.75) is 6.92 Å². The van der Waals surface area contributed by atoms with Gasteiger partial charge in [0.25, 0.3) is 11.1 Å². The standard InChI is InChI=1S/C11H7N3O2S2/c1-6-2-3-17-7(6)4-8-10(16)14-11(18-8)13-9(15)5-12-14/h2-5H,1H3. The molecule has 90 valence electrons. The molecule has 0 fully saturated rings. The van der Waals surface area contributed by atoms with E-state index in [0.717, 1.165) is 21.2 Å². The highest BCUT2D eigenvalue weighted by Crippen LogP contribution is 2.15. The first-order valence-corrected chi connectivity index (χ1v) is 6.79. The molecule has 0 unspecified atom stereocenters. The molecule has 18 heavy (non-hydrogen) atoms. The summed E-state index contributed by atoms with van der Waals surface area (Å²) in [6.07, 6.45) is 2.86. The molecule has 0 amide bonds. The van der Waals surface area contributed by atoms with E-state index in [-0.39, 0.29) is 5.56 Å². The van der Waals surface area contributed by atoms with E-state index in [2.05, 4.69) is 10.1 Å². The molecule has 3 aromatic rings. The summed E-state index contributed by atoms with van der Waals surface area (Å²) in [5.74, 6) is 0. The van der Waals surface area contributed by atoms with Gasteiger partial charge in [0.05, 0.1) is 4.53 Å². The fourth-order valence-electron chi connectivity index (χ4n) is 1.52. The molecule has 0 aliphatic carbocycles. The fourth-order valence-corrected chi connectivity index (χ4v) is 3.35. The third-order valence-electron chi connectivity index (χ3n) is 2.44. The lowest BCUT2D eigenvalue weighted by molar-refractivity contribution is 0.866. The predicted octanol–water partition coefficient (Wildman–Crippen LogP) is 0.429. The van der Waals surface area contributed by atoms with Gasteiger partial charge >= 0.3 is 0 Å². The third kappa shape index (κ3) is 1.77. The molecule has 3 aromatic heterocycles. The monoisotopic (exact) mass is 277 g/mol. The highest BCUT2D eigenvalue weighted by molar-refractivity contribution is 7.15. The summed E-state index contributed by atoms with van der Waals surface area (Å²) in [5, 5.41) is 5.75. The summed E-state index contributed by atoms with van der Waals surface area (Å²) in [5.41, 5.74) is 0.442. The average Bonchev–Trinajstić information content (AvgIpc) is 2.86. The van der Waals surface area contributed by atoms with Gasteiger partial charge in [0, 0.05) is 4.88 Å². The van der Waals surface area contributed by atoms with E-state index in [4.69, 9.17) is 0 Å². The molecule has 0 aromatic carbocycles. The maximum Gasteiger partial charge on any atom is 0.292 e. The average molecular weight is 277 g/mol. The van der Waals surface area contributed by atoms with Crippen LogP contribution in [0.5, 0.6) is 0 Å². The van der Waals surface area contributed by atoms with Crippen LogP contribution in [-0.2, 0) is 0 Å². The Kier molecular flexibility index (Phi) is 2.57. The SMILES string of the molecule is Cc1ccsc1C=c1sc2nc(=O)cnn2c1=O. The van der Waals surface area contributed by atoms with Crippen molar-refractivity contribution in [1.29, 1.82) is 0 Å². The Labute approximate surface area is 109 Å². The van der Waals surface area contributed by atoms with Crippen LogP contribution in [-0.4, -0.2) is 14.6 Å². The van der Waals surface area contributed by atoms with Gasteiger partial charge in [-0.1, -0.05) is 11.3 Å². The first kappa shape index (κ1) is 11.2. The zero-order valence-electron chi connectivity index (χ0n) is 9.28. The molecule has 7 heteroatoms. The van der Waals surface area contributed by atoms with Crippen LogP contribution in [0.4, 0.5) is 0 Å². The Morgan fingerprint density at radius 1 is 1.39 bits per heavy atom. The predicted molar refractivity (Wildman–Crippen MR) is 71.2 cm³/mol. The molecule has 5 nitrogen and oxygen atoms in total. The smallest absolute Gasteiger partial charge is 0.266 e. The summed E-state index contributed by atoms with van der Waals surface area (Å²) < 4.78 is 1.69. The number of hydrogen-bond acceptors (Lipinski definition) is 6. The van der Waals surface area contributed by atoms with Crippen LogP contribution in [0, 0.1) is 6.92 Å². The van der Waals surface area contributed by atoms with Crippen LogP contribution < -0.4 is 15.7 Å².